The minimum absolute atomic E-state index is 0.0193. The number of imide groups is 1. The number of anilines is 1. The summed E-state index contributed by atoms with van der Waals surface area (Å²) in [5.41, 5.74) is 3.64. The van der Waals surface area contributed by atoms with Crippen LogP contribution in [0.5, 0.6) is 5.75 Å². The van der Waals surface area contributed by atoms with E-state index in [1.54, 1.807) is 38.1 Å². The van der Waals surface area contributed by atoms with Gasteiger partial charge in [-0.25, -0.2) is 0 Å². The number of rotatable bonds is 14. The summed E-state index contributed by atoms with van der Waals surface area (Å²) in [6.07, 6.45) is 3.71. The number of halogens is 1. The highest BCUT2D eigenvalue weighted by Gasteiger charge is 2.45. The van der Waals surface area contributed by atoms with Crippen LogP contribution in [0.25, 0.3) is 0 Å². The van der Waals surface area contributed by atoms with Crippen molar-refractivity contribution in [3.05, 3.63) is 92.0 Å². The number of unbranched alkanes of at least 4 members (excludes halogenated alkanes) is 1. The largest absolute Gasteiger partial charge is 0.483 e. The van der Waals surface area contributed by atoms with Crippen molar-refractivity contribution < 1.29 is 38.2 Å². The number of hydrogen-bond donors (Lipinski definition) is 3. The molecule has 0 radical (unpaired) electrons. The number of hydrogen-bond acceptors (Lipinski definition) is 12. The van der Waals surface area contributed by atoms with Crippen LogP contribution in [0.1, 0.15) is 93.0 Å². The molecular formula is C42H45ClN8O8S. The maximum absolute atomic E-state index is 13.7. The maximum Gasteiger partial charge on any atom is 0.307 e. The van der Waals surface area contributed by atoms with E-state index >= 15 is 0 Å². The van der Waals surface area contributed by atoms with Crippen molar-refractivity contribution in [1.29, 1.82) is 0 Å². The minimum atomic E-state index is -0.947. The molecule has 1 saturated heterocycles. The van der Waals surface area contributed by atoms with E-state index in [1.165, 1.54) is 30.6 Å². The third-order valence-electron chi connectivity index (χ3n) is 10.3. The second-order valence-corrected chi connectivity index (χ2v) is 15.6. The highest BCUT2D eigenvalue weighted by molar-refractivity contribution is 7.19. The van der Waals surface area contributed by atoms with E-state index in [1.807, 2.05) is 24.0 Å². The Balaban J connectivity index is 1.05. The number of amides is 5. The van der Waals surface area contributed by atoms with Gasteiger partial charge in [0.15, 0.2) is 6.61 Å². The Morgan fingerprint density at radius 2 is 1.80 bits per heavy atom. The first-order valence-electron chi connectivity index (χ1n) is 19.3. The molecule has 3 N–H and O–H groups in total. The van der Waals surface area contributed by atoms with E-state index < -0.39 is 48.3 Å². The van der Waals surface area contributed by atoms with E-state index in [4.69, 9.17) is 26.1 Å². The SMILES string of the molecule is C=N/N=C(/C)N1C[C@H](CC(=O)OC)N=C(c2ccc(Cl)cc2)c2c1sc(C(=O)NCCCCNC(=O)COc1cccc3c1C(=O)N(C1CC/C(=C\C)NC1=O)C3=O)c2C. The Morgan fingerprint density at radius 3 is 2.48 bits per heavy atom. The second-order valence-electron chi connectivity index (χ2n) is 14.2. The third kappa shape index (κ3) is 9.31. The molecule has 1 fully saturated rings. The molecule has 0 bridgehead atoms. The van der Waals surface area contributed by atoms with Crippen molar-refractivity contribution in [2.45, 2.75) is 65.0 Å². The smallest absolute Gasteiger partial charge is 0.307 e. The van der Waals surface area contributed by atoms with Crippen molar-refractivity contribution in [3.8, 4) is 5.75 Å². The summed E-state index contributed by atoms with van der Waals surface area (Å²) in [6.45, 7) is 9.41. The van der Waals surface area contributed by atoms with Gasteiger partial charge in [-0.3, -0.25) is 38.7 Å². The predicted octanol–water partition coefficient (Wildman–Crippen LogP) is 4.82. The van der Waals surface area contributed by atoms with Crippen LogP contribution in [0.4, 0.5) is 5.00 Å². The highest BCUT2D eigenvalue weighted by atomic mass is 35.5. The number of methoxy groups -OCH3 is 1. The molecule has 314 valence electrons. The van der Waals surface area contributed by atoms with Gasteiger partial charge in [-0.1, -0.05) is 35.9 Å². The van der Waals surface area contributed by atoms with E-state index in [0.29, 0.717) is 70.8 Å². The molecule has 5 amide bonds. The van der Waals surface area contributed by atoms with Gasteiger partial charge in [0.25, 0.3) is 23.6 Å². The zero-order valence-corrected chi connectivity index (χ0v) is 35.2. The second kappa shape index (κ2) is 19.2. The molecule has 3 aromatic rings. The Hall–Kier alpha value is -6.20. The topological polar surface area (TPSA) is 201 Å². The number of amidine groups is 1. The third-order valence-corrected chi connectivity index (χ3v) is 11.9. The Kier molecular flexibility index (Phi) is 13.9. The summed E-state index contributed by atoms with van der Waals surface area (Å²) >= 11 is 7.50. The molecule has 2 atom stereocenters. The van der Waals surface area contributed by atoms with Crippen LogP contribution in [0.3, 0.4) is 0 Å². The summed E-state index contributed by atoms with van der Waals surface area (Å²) in [4.78, 5) is 86.6. The molecule has 2 aromatic carbocycles. The van der Waals surface area contributed by atoms with E-state index in [0.717, 1.165) is 21.7 Å². The number of thiophene rings is 1. The molecule has 0 saturated carbocycles. The molecule has 3 aliphatic rings. The van der Waals surface area contributed by atoms with Crippen LogP contribution in [0.2, 0.25) is 5.02 Å². The number of nitrogens with zero attached hydrogens (tertiary/aromatic N) is 5. The standard InChI is InChI=1S/C42H45ClN8O8S/c1-6-27-16-17-30(38(54)48-27)51-40(56)29-10-9-11-31(35(29)41(51)57)59-22-32(52)45-18-7-8-19-46-39(55)37-23(2)34-36(25-12-14-26(43)15-13-25)47-28(20-33(53)58-5)21-50(42(34)60-37)24(3)49-44-4/h6,9-15,28,30H,4,7-8,16-22H2,1-3,5H3,(H,45,52)(H,46,55)(H,48,54)/b27-6+,49-24-/t28-,30?/m0/s1. The first kappa shape index (κ1) is 43.4. The number of aliphatic imine (C=N–C) groups is 1. The number of fused-ring (bicyclic) bond motifs is 2. The predicted molar refractivity (Wildman–Crippen MR) is 229 cm³/mol. The quantitative estimate of drug-likeness (QED) is 0.0508. The van der Waals surface area contributed by atoms with Gasteiger partial charge < -0.3 is 30.3 Å². The fourth-order valence-electron chi connectivity index (χ4n) is 7.23. The van der Waals surface area contributed by atoms with Gasteiger partial charge in [0.05, 0.1) is 41.3 Å². The number of nitrogens with one attached hydrogen (secondary N) is 3. The highest BCUT2D eigenvalue weighted by Crippen LogP contribution is 2.41. The molecule has 1 aromatic heterocycles. The number of ether oxygens (including phenoxy) is 2. The van der Waals surface area contributed by atoms with Crippen molar-refractivity contribution in [2.75, 3.05) is 38.3 Å². The van der Waals surface area contributed by atoms with Gasteiger partial charge in [0.2, 0.25) is 5.91 Å². The normalized spacial score (nSPS) is 18.3. The zero-order valence-electron chi connectivity index (χ0n) is 33.6. The molecule has 4 heterocycles. The van der Waals surface area contributed by atoms with Gasteiger partial charge in [-0.2, -0.15) is 5.10 Å². The average Bonchev–Trinajstić information content (AvgIpc) is 3.64. The Labute approximate surface area is 355 Å². The summed E-state index contributed by atoms with van der Waals surface area (Å²) in [5.74, 6) is -2.21. The maximum atomic E-state index is 13.7. The molecule has 1 unspecified atom stereocenters. The van der Waals surface area contributed by atoms with E-state index in [-0.39, 0.29) is 35.7 Å². The van der Waals surface area contributed by atoms with Crippen LogP contribution in [-0.2, 0) is 19.1 Å². The molecule has 16 nitrogen and oxygen atoms in total. The van der Waals surface area contributed by atoms with Crippen LogP contribution in [0.15, 0.2) is 69.4 Å². The Morgan fingerprint density at radius 1 is 1.07 bits per heavy atom. The van der Waals surface area contributed by atoms with Gasteiger partial charge >= 0.3 is 5.97 Å². The van der Waals surface area contributed by atoms with Gasteiger partial charge in [0.1, 0.15) is 22.6 Å². The first-order valence-corrected chi connectivity index (χ1v) is 20.5. The lowest BCUT2D eigenvalue weighted by molar-refractivity contribution is -0.141. The van der Waals surface area contributed by atoms with Gasteiger partial charge in [-0.05, 0) is 76.3 Å². The lowest BCUT2D eigenvalue weighted by Crippen LogP contribution is -2.51. The summed E-state index contributed by atoms with van der Waals surface area (Å²) < 4.78 is 10.7. The molecular weight excluding hydrogens is 812 g/mol. The molecule has 6 rings (SSSR count). The number of esters is 1. The van der Waals surface area contributed by atoms with Crippen LogP contribution >= 0.6 is 22.9 Å². The van der Waals surface area contributed by atoms with E-state index in [9.17, 15) is 28.8 Å². The molecule has 0 aliphatic carbocycles. The van der Waals surface area contributed by atoms with Crippen LogP contribution < -0.4 is 25.6 Å². The van der Waals surface area contributed by atoms with Crippen LogP contribution in [-0.4, -0.2) is 104 Å². The Bertz CT molecular complexity index is 2320. The monoisotopic (exact) mass is 856 g/mol. The lowest BCUT2D eigenvalue weighted by Gasteiger charge is -2.30. The average molecular weight is 857 g/mol. The number of carbonyl (C=O) groups excluding carboxylic acids is 6. The van der Waals surface area contributed by atoms with Crippen molar-refractivity contribution in [1.82, 2.24) is 20.9 Å². The van der Waals surface area contributed by atoms with Crippen molar-refractivity contribution in [2.24, 2.45) is 15.2 Å². The minimum Gasteiger partial charge on any atom is -0.483 e. The summed E-state index contributed by atoms with van der Waals surface area (Å²) in [5, 5.41) is 17.7. The number of carbonyl (C=O) groups is 6. The molecule has 60 heavy (non-hydrogen) atoms. The van der Waals surface area contributed by atoms with E-state index in [2.05, 4.69) is 32.9 Å². The van der Waals surface area contributed by atoms with Gasteiger partial charge in [-0.15, -0.1) is 16.4 Å². The first-order chi connectivity index (χ1) is 28.9. The van der Waals surface area contributed by atoms with Crippen molar-refractivity contribution >= 4 is 81.7 Å². The van der Waals surface area contributed by atoms with Gasteiger partial charge in [0, 0.05) is 48.2 Å². The van der Waals surface area contributed by atoms with Crippen LogP contribution in [0, 0.1) is 6.92 Å². The summed E-state index contributed by atoms with van der Waals surface area (Å²) in [6, 6.07) is 10.3. The molecule has 18 heteroatoms. The molecule has 0 spiro atoms. The number of benzene rings is 2. The number of piperidine rings is 1. The molecule has 3 aliphatic heterocycles. The lowest BCUT2D eigenvalue weighted by atomic mass is 9.99. The zero-order chi connectivity index (χ0) is 43.1. The fraction of sp³-hybridized carbons (Fsp3) is 0.357. The van der Waals surface area contributed by atoms with Crippen molar-refractivity contribution in [3.63, 3.8) is 0 Å². The fourth-order valence-corrected chi connectivity index (χ4v) is 8.64. The number of allylic oxidation sites excluding steroid dienone is 2. The summed E-state index contributed by atoms with van der Waals surface area (Å²) in [7, 11) is 1.33.